The lowest BCUT2D eigenvalue weighted by Crippen LogP contribution is -2.45. The molecule has 0 radical (unpaired) electrons. The summed E-state index contributed by atoms with van der Waals surface area (Å²) in [5.74, 6) is -0.000595. The quantitative estimate of drug-likeness (QED) is 0.738. The Kier molecular flexibility index (Phi) is 6.16. The highest BCUT2D eigenvalue weighted by Gasteiger charge is 2.23. The Morgan fingerprint density at radius 3 is 2.78 bits per heavy atom. The van der Waals surface area contributed by atoms with Gasteiger partial charge in [0.2, 0.25) is 0 Å². The van der Waals surface area contributed by atoms with Gasteiger partial charge in [-0.3, -0.25) is 0 Å². The molecule has 0 aliphatic carbocycles. The van der Waals surface area contributed by atoms with Crippen LogP contribution in [0.5, 0.6) is 5.75 Å². The molecule has 2 aromatic rings. The van der Waals surface area contributed by atoms with Gasteiger partial charge in [-0.15, -0.1) is 0 Å². The van der Waals surface area contributed by atoms with Crippen molar-refractivity contribution in [3.8, 4) is 5.75 Å². The fourth-order valence-corrected chi connectivity index (χ4v) is 3.09. The molecule has 0 fully saturated rings. The molecule has 0 aromatic heterocycles. The highest BCUT2D eigenvalue weighted by Crippen LogP contribution is 2.32. The van der Waals surface area contributed by atoms with E-state index in [-0.39, 0.29) is 19.8 Å². The number of carbonyl (C=O) groups excluding carboxylic acids is 2. The lowest BCUT2D eigenvalue weighted by molar-refractivity contribution is -0.147. The highest BCUT2D eigenvalue weighted by molar-refractivity contribution is 6.30. The number of amides is 2. The third-order valence-corrected chi connectivity index (χ3v) is 4.22. The summed E-state index contributed by atoms with van der Waals surface area (Å²) in [7, 11) is 0. The van der Waals surface area contributed by atoms with Gasteiger partial charge in [0.25, 0.3) is 0 Å². The molecule has 0 spiro atoms. The van der Waals surface area contributed by atoms with Gasteiger partial charge < -0.3 is 25.3 Å². The van der Waals surface area contributed by atoms with Crippen LogP contribution < -0.4 is 15.8 Å². The maximum absolute atomic E-state index is 12.5. The maximum atomic E-state index is 12.5. The molecule has 1 heterocycles. The van der Waals surface area contributed by atoms with Gasteiger partial charge in [0, 0.05) is 22.6 Å². The van der Waals surface area contributed by atoms with E-state index < -0.39 is 18.0 Å². The summed E-state index contributed by atoms with van der Waals surface area (Å²) in [5, 5.41) is 2.92. The van der Waals surface area contributed by atoms with Crippen LogP contribution in [0.3, 0.4) is 0 Å². The number of nitrogens with two attached hydrogens (primary N) is 1. The van der Waals surface area contributed by atoms with Crippen molar-refractivity contribution in [2.24, 2.45) is 5.73 Å². The van der Waals surface area contributed by atoms with Crippen LogP contribution in [0.4, 0.5) is 4.79 Å². The van der Waals surface area contributed by atoms with Crippen molar-refractivity contribution in [2.45, 2.75) is 25.7 Å². The third-order valence-electron chi connectivity index (χ3n) is 4.01. The number of primary amides is 1. The average molecular weight is 391 g/mol. The first kappa shape index (κ1) is 19.0. The van der Waals surface area contributed by atoms with Crippen LogP contribution in [0.15, 0.2) is 42.5 Å². The molecule has 142 valence electrons. The normalized spacial score (nSPS) is 13.8. The Bertz CT molecular complexity index is 828. The van der Waals surface area contributed by atoms with Gasteiger partial charge in [0.05, 0.1) is 6.61 Å². The van der Waals surface area contributed by atoms with Crippen molar-refractivity contribution < 1.29 is 23.8 Å². The number of nitrogens with one attached hydrogen (secondary N) is 1. The fraction of sp³-hybridized carbons (Fsp3) is 0.263. The van der Waals surface area contributed by atoms with E-state index in [0.29, 0.717) is 22.9 Å². The van der Waals surface area contributed by atoms with E-state index >= 15 is 0 Å². The first-order valence-corrected chi connectivity index (χ1v) is 8.69. The first-order chi connectivity index (χ1) is 13.0. The molecule has 0 bridgehead atoms. The second-order valence-electron chi connectivity index (χ2n) is 6.02. The Labute approximate surface area is 161 Å². The maximum Gasteiger partial charge on any atom is 0.329 e. The number of hydrogen-bond acceptors (Lipinski definition) is 5. The van der Waals surface area contributed by atoms with Gasteiger partial charge in [-0.05, 0) is 17.7 Å². The zero-order valence-electron chi connectivity index (χ0n) is 14.4. The number of rotatable bonds is 6. The second kappa shape index (κ2) is 8.75. The largest absolute Gasteiger partial charge is 0.467 e. The molecule has 27 heavy (non-hydrogen) atoms. The van der Waals surface area contributed by atoms with Gasteiger partial charge in [0.15, 0.2) is 6.79 Å². The number of ether oxygens (including phenoxy) is 3. The van der Waals surface area contributed by atoms with E-state index in [2.05, 4.69) is 5.32 Å². The van der Waals surface area contributed by atoms with Gasteiger partial charge >= 0.3 is 12.0 Å². The Morgan fingerprint density at radius 1 is 1.26 bits per heavy atom. The molecule has 0 saturated carbocycles. The molecule has 0 unspecified atom stereocenters. The first-order valence-electron chi connectivity index (χ1n) is 8.31. The molecule has 1 aliphatic rings. The molecule has 1 atom stereocenters. The molecular formula is C19H19ClN2O5. The molecule has 3 N–H and O–H groups in total. The van der Waals surface area contributed by atoms with Crippen LogP contribution in [0.1, 0.15) is 16.7 Å². The topological polar surface area (TPSA) is 99.9 Å². The van der Waals surface area contributed by atoms with Gasteiger partial charge in [-0.1, -0.05) is 41.9 Å². The van der Waals surface area contributed by atoms with Crippen LogP contribution in [-0.2, 0) is 33.9 Å². The molecule has 0 saturated heterocycles. The standard InChI is InChI=1S/C19H19ClN2O5/c20-15-7-13-9-25-11-27-17(13)14(8-15)10-26-18(23)16(22-19(21)24)6-12-4-2-1-3-5-12/h1-5,7-8,16H,6,9-11H2,(H3,21,22,24)/t16-/m0/s1. The fourth-order valence-electron chi connectivity index (χ4n) is 2.83. The molecular weight excluding hydrogens is 372 g/mol. The van der Waals surface area contributed by atoms with Crippen LogP contribution in [-0.4, -0.2) is 24.8 Å². The summed E-state index contributed by atoms with van der Waals surface area (Å²) in [6.45, 7) is 0.444. The summed E-state index contributed by atoms with van der Waals surface area (Å²) in [5.41, 5.74) is 7.48. The van der Waals surface area contributed by atoms with Crippen LogP contribution >= 0.6 is 11.6 Å². The van der Waals surface area contributed by atoms with E-state index in [1.165, 1.54) is 0 Å². The van der Waals surface area contributed by atoms with Crippen molar-refractivity contribution >= 4 is 23.6 Å². The zero-order chi connectivity index (χ0) is 19.2. The van der Waals surface area contributed by atoms with E-state index in [1.54, 1.807) is 12.1 Å². The van der Waals surface area contributed by atoms with Crippen molar-refractivity contribution in [3.05, 3.63) is 64.2 Å². The van der Waals surface area contributed by atoms with Gasteiger partial charge in [-0.25, -0.2) is 9.59 Å². The van der Waals surface area contributed by atoms with Crippen molar-refractivity contribution in [1.29, 1.82) is 0 Å². The van der Waals surface area contributed by atoms with Crippen molar-refractivity contribution in [2.75, 3.05) is 6.79 Å². The number of halogens is 1. The minimum Gasteiger partial charge on any atom is -0.467 e. The Balaban J connectivity index is 1.70. The Hall–Kier alpha value is -2.77. The monoisotopic (exact) mass is 390 g/mol. The average Bonchev–Trinajstić information content (AvgIpc) is 2.65. The van der Waals surface area contributed by atoms with E-state index in [1.807, 2.05) is 30.3 Å². The summed E-state index contributed by atoms with van der Waals surface area (Å²) < 4.78 is 16.1. The zero-order valence-corrected chi connectivity index (χ0v) is 15.2. The summed E-state index contributed by atoms with van der Waals surface area (Å²) in [4.78, 5) is 23.8. The van der Waals surface area contributed by atoms with Crippen LogP contribution in [0, 0.1) is 0 Å². The molecule has 2 aromatic carbocycles. The predicted octanol–water partition coefficient (Wildman–Crippen LogP) is 2.53. The van der Waals surface area contributed by atoms with Gasteiger partial charge in [-0.2, -0.15) is 0 Å². The number of urea groups is 1. The van der Waals surface area contributed by atoms with E-state index in [9.17, 15) is 9.59 Å². The second-order valence-corrected chi connectivity index (χ2v) is 6.46. The van der Waals surface area contributed by atoms with Crippen LogP contribution in [0.25, 0.3) is 0 Å². The summed E-state index contributed by atoms with van der Waals surface area (Å²) in [6.07, 6.45) is 0.264. The minimum atomic E-state index is -0.899. The lowest BCUT2D eigenvalue weighted by atomic mass is 10.1. The Morgan fingerprint density at radius 2 is 2.04 bits per heavy atom. The smallest absolute Gasteiger partial charge is 0.329 e. The summed E-state index contributed by atoms with van der Waals surface area (Å²) in [6, 6.07) is 11.0. The molecule has 8 heteroatoms. The number of benzene rings is 2. The SMILES string of the molecule is NC(=O)N[C@@H](Cc1ccccc1)C(=O)OCc1cc(Cl)cc2c1OCOC2. The molecule has 1 aliphatic heterocycles. The third kappa shape index (κ3) is 5.12. The highest BCUT2D eigenvalue weighted by atomic mass is 35.5. The van der Waals surface area contributed by atoms with E-state index in [0.717, 1.165) is 11.1 Å². The summed E-state index contributed by atoms with van der Waals surface area (Å²) >= 11 is 6.11. The van der Waals surface area contributed by atoms with Crippen LogP contribution in [0.2, 0.25) is 5.02 Å². The predicted molar refractivity (Wildman–Crippen MR) is 98.2 cm³/mol. The number of carbonyl (C=O) groups is 2. The minimum absolute atomic E-state index is 0.0482. The van der Waals surface area contributed by atoms with E-state index in [4.69, 9.17) is 31.5 Å². The number of hydrogen-bond donors (Lipinski definition) is 2. The van der Waals surface area contributed by atoms with Crippen molar-refractivity contribution in [3.63, 3.8) is 0 Å². The molecule has 3 rings (SSSR count). The number of esters is 1. The molecule has 7 nitrogen and oxygen atoms in total. The molecule has 2 amide bonds. The lowest BCUT2D eigenvalue weighted by Gasteiger charge is -2.22. The van der Waals surface area contributed by atoms with Crippen molar-refractivity contribution in [1.82, 2.24) is 5.32 Å². The van der Waals surface area contributed by atoms with Gasteiger partial charge in [0.1, 0.15) is 18.4 Å². The number of fused-ring (bicyclic) bond motifs is 1.